The molecule has 6 heteroatoms. The number of carbonyl (C=O) groups is 1. The average molecular weight is 394 g/mol. The Labute approximate surface area is 168 Å². The number of piperidine rings is 1. The predicted molar refractivity (Wildman–Crippen MR) is 109 cm³/mol. The molecule has 1 aromatic carbocycles. The van der Waals surface area contributed by atoms with E-state index in [0.29, 0.717) is 5.91 Å². The van der Waals surface area contributed by atoms with E-state index in [1.54, 1.807) is 0 Å². The van der Waals surface area contributed by atoms with Crippen molar-refractivity contribution in [1.82, 2.24) is 15.1 Å². The largest absolute Gasteiger partial charge is 0.493 e. The van der Waals surface area contributed by atoms with Crippen LogP contribution in [0.5, 0.6) is 5.75 Å². The second kappa shape index (κ2) is 9.76. The maximum absolute atomic E-state index is 12.8. The minimum absolute atomic E-state index is 0. The quantitative estimate of drug-likeness (QED) is 0.806. The first-order valence-electron chi connectivity index (χ1n) is 10.2. The molecule has 1 aliphatic carbocycles. The number of rotatable bonds is 6. The van der Waals surface area contributed by atoms with E-state index in [-0.39, 0.29) is 18.3 Å². The Kier molecular flexibility index (Phi) is 7.39. The van der Waals surface area contributed by atoms with Gasteiger partial charge in [-0.2, -0.15) is 0 Å². The number of halogens is 1. The summed E-state index contributed by atoms with van der Waals surface area (Å²) in [5.74, 6) is 2.29. The number of piperazine rings is 1. The maximum Gasteiger partial charge on any atom is 0.227 e. The predicted octanol–water partition coefficient (Wildman–Crippen LogP) is 2.54. The van der Waals surface area contributed by atoms with Gasteiger partial charge in [-0.3, -0.25) is 9.69 Å². The van der Waals surface area contributed by atoms with Gasteiger partial charge in [0.2, 0.25) is 5.91 Å². The van der Waals surface area contributed by atoms with Crippen molar-refractivity contribution in [3.05, 3.63) is 29.8 Å². The number of nitrogens with zero attached hydrogens (tertiary/aromatic N) is 2. The Morgan fingerprint density at radius 1 is 1.07 bits per heavy atom. The molecule has 3 aliphatic rings. The maximum atomic E-state index is 12.8. The molecule has 1 aromatic rings. The topological polar surface area (TPSA) is 44.8 Å². The molecule has 1 saturated carbocycles. The van der Waals surface area contributed by atoms with Crippen molar-refractivity contribution in [2.75, 3.05) is 45.9 Å². The number of amides is 1. The smallest absolute Gasteiger partial charge is 0.227 e. The number of nitrogens with one attached hydrogen (secondary N) is 1. The molecule has 1 atom stereocenters. The third-order valence-electron chi connectivity index (χ3n) is 5.80. The lowest BCUT2D eigenvalue weighted by Crippen LogP contribution is -2.51. The fourth-order valence-electron chi connectivity index (χ4n) is 3.99. The van der Waals surface area contributed by atoms with E-state index in [1.165, 1.54) is 18.4 Å². The third-order valence-corrected chi connectivity index (χ3v) is 5.80. The van der Waals surface area contributed by atoms with Crippen LogP contribution in [0.15, 0.2) is 24.3 Å². The zero-order valence-electron chi connectivity index (χ0n) is 16.1. The summed E-state index contributed by atoms with van der Waals surface area (Å²) in [6.07, 6.45) is 4.79. The summed E-state index contributed by atoms with van der Waals surface area (Å²) < 4.78 is 5.82. The van der Waals surface area contributed by atoms with E-state index in [0.717, 1.165) is 76.9 Å². The molecule has 2 heterocycles. The molecule has 150 valence electrons. The van der Waals surface area contributed by atoms with E-state index in [2.05, 4.69) is 39.4 Å². The van der Waals surface area contributed by atoms with Gasteiger partial charge >= 0.3 is 0 Å². The summed E-state index contributed by atoms with van der Waals surface area (Å²) >= 11 is 0. The molecule has 1 unspecified atom stereocenters. The lowest BCUT2D eigenvalue weighted by Gasteiger charge is -2.36. The van der Waals surface area contributed by atoms with Crippen LogP contribution in [0, 0.1) is 11.8 Å². The van der Waals surface area contributed by atoms with Gasteiger partial charge in [0.05, 0.1) is 12.5 Å². The van der Waals surface area contributed by atoms with Crippen molar-refractivity contribution in [1.29, 1.82) is 0 Å². The van der Waals surface area contributed by atoms with Crippen LogP contribution < -0.4 is 10.1 Å². The molecule has 5 nitrogen and oxygen atoms in total. The first kappa shape index (κ1) is 20.4. The highest BCUT2D eigenvalue weighted by molar-refractivity contribution is 5.85. The summed E-state index contributed by atoms with van der Waals surface area (Å²) in [7, 11) is 0. The number of carbonyl (C=O) groups excluding carboxylic acids is 1. The Balaban J connectivity index is 0.00000210. The van der Waals surface area contributed by atoms with Crippen LogP contribution in [0.4, 0.5) is 0 Å². The van der Waals surface area contributed by atoms with Crippen LogP contribution in [0.2, 0.25) is 0 Å². The van der Waals surface area contributed by atoms with Gasteiger partial charge in [0.15, 0.2) is 0 Å². The van der Waals surface area contributed by atoms with E-state index in [9.17, 15) is 4.79 Å². The monoisotopic (exact) mass is 393 g/mol. The van der Waals surface area contributed by atoms with Gasteiger partial charge < -0.3 is 15.0 Å². The van der Waals surface area contributed by atoms with Crippen molar-refractivity contribution in [3.63, 3.8) is 0 Å². The molecule has 27 heavy (non-hydrogen) atoms. The molecule has 1 amide bonds. The van der Waals surface area contributed by atoms with Gasteiger partial charge in [-0.1, -0.05) is 12.1 Å². The Bertz CT molecular complexity index is 600. The standard InChI is InChI=1S/C21H31N3O2.ClH/c25-21(24-12-9-22-10-13-24)19-2-1-11-23(15-19)14-17-5-7-20(8-6-17)26-16-18-3-4-18;/h5-8,18-19,22H,1-4,9-16H2;1H. The zero-order chi connectivity index (χ0) is 17.8. The average Bonchev–Trinajstić information content (AvgIpc) is 3.52. The van der Waals surface area contributed by atoms with Crippen LogP contribution in [0.25, 0.3) is 0 Å². The first-order valence-corrected chi connectivity index (χ1v) is 10.2. The van der Waals surface area contributed by atoms with Gasteiger partial charge in [0.1, 0.15) is 5.75 Å². The molecule has 2 saturated heterocycles. The normalized spacial score (nSPS) is 23.6. The van der Waals surface area contributed by atoms with Gasteiger partial charge in [-0.15, -0.1) is 12.4 Å². The SMILES string of the molecule is Cl.O=C(C1CCCN(Cc2ccc(OCC3CC3)cc2)C1)N1CCNCC1. The molecule has 3 fully saturated rings. The molecular formula is C21H32ClN3O2. The summed E-state index contributed by atoms with van der Waals surface area (Å²) in [4.78, 5) is 17.3. The van der Waals surface area contributed by atoms with Gasteiger partial charge in [0.25, 0.3) is 0 Å². The van der Waals surface area contributed by atoms with Gasteiger partial charge in [-0.25, -0.2) is 0 Å². The molecule has 0 spiro atoms. The summed E-state index contributed by atoms with van der Waals surface area (Å²) in [6.45, 7) is 7.34. The summed E-state index contributed by atoms with van der Waals surface area (Å²) in [6, 6.07) is 8.52. The minimum atomic E-state index is 0. The van der Waals surface area contributed by atoms with E-state index < -0.39 is 0 Å². The third kappa shape index (κ3) is 5.84. The molecular weight excluding hydrogens is 362 g/mol. The number of ether oxygens (including phenoxy) is 1. The lowest BCUT2D eigenvalue weighted by atomic mass is 9.95. The van der Waals surface area contributed by atoms with Crippen LogP contribution in [0.3, 0.4) is 0 Å². The molecule has 0 radical (unpaired) electrons. The molecule has 2 aliphatic heterocycles. The Morgan fingerprint density at radius 2 is 1.81 bits per heavy atom. The summed E-state index contributed by atoms with van der Waals surface area (Å²) in [5.41, 5.74) is 1.30. The lowest BCUT2D eigenvalue weighted by molar-refractivity contribution is -0.138. The summed E-state index contributed by atoms with van der Waals surface area (Å²) in [5, 5.41) is 3.32. The fraction of sp³-hybridized carbons (Fsp3) is 0.667. The van der Waals surface area contributed by atoms with Crippen molar-refractivity contribution in [2.24, 2.45) is 11.8 Å². The number of benzene rings is 1. The second-order valence-electron chi connectivity index (χ2n) is 8.05. The molecule has 1 N–H and O–H groups in total. The Morgan fingerprint density at radius 3 is 2.52 bits per heavy atom. The van der Waals surface area contributed by atoms with Crippen LogP contribution in [-0.4, -0.2) is 61.6 Å². The highest BCUT2D eigenvalue weighted by Crippen LogP contribution is 2.29. The molecule has 0 aromatic heterocycles. The highest BCUT2D eigenvalue weighted by Gasteiger charge is 2.29. The molecule has 4 rings (SSSR count). The van der Waals surface area contributed by atoms with E-state index in [4.69, 9.17) is 4.74 Å². The van der Waals surface area contributed by atoms with Crippen LogP contribution in [0.1, 0.15) is 31.2 Å². The van der Waals surface area contributed by atoms with Crippen molar-refractivity contribution in [2.45, 2.75) is 32.2 Å². The van der Waals surface area contributed by atoms with Crippen molar-refractivity contribution < 1.29 is 9.53 Å². The highest BCUT2D eigenvalue weighted by atomic mass is 35.5. The number of hydrogen-bond acceptors (Lipinski definition) is 4. The van der Waals surface area contributed by atoms with Crippen molar-refractivity contribution >= 4 is 18.3 Å². The van der Waals surface area contributed by atoms with E-state index >= 15 is 0 Å². The van der Waals surface area contributed by atoms with Crippen LogP contribution >= 0.6 is 12.4 Å². The number of hydrogen-bond donors (Lipinski definition) is 1. The number of likely N-dealkylation sites (tertiary alicyclic amines) is 1. The van der Waals surface area contributed by atoms with Crippen LogP contribution in [-0.2, 0) is 11.3 Å². The second-order valence-corrected chi connectivity index (χ2v) is 8.05. The first-order chi connectivity index (χ1) is 12.8. The fourth-order valence-corrected chi connectivity index (χ4v) is 3.99. The van der Waals surface area contributed by atoms with E-state index in [1.807, 2.05) is 0 Å². The van der Waals surface area contributed by atoms with Gasteiger partial charge in [0, 0.05) is 39.3 Å². The minimum Gasteiger partial charge on any atom is -0.493 e. The zero-order valence-corrected chi connectivity index (χ0v) is 16.9. The van der Waals surface area contributed by atoms with Gasteiger partial charge in [-0.05, 0) is 55.8 Å². The Hall–Kier alpha value is -1.30. The van der Waals surface area contributed by atoms with Crippen molar-refractivity contribution in [3.8, 4) is 5.75 Å². The molecule has 0 bridgehead atoms.